The highest BCUT2D eigenvalue weighted by atomic mass is 35.5. The SMILES string of the molecule is O=C(NCCN1CCN(c2ccccc2Cl)CC1)c1cnc2ccccc2n1. The second-order valence-corrected chi connectivity index (χ2v) is 7.19. The monoisotopic (exact) mass is 395 g/mol. The number of carbonyl (C=O) groups excluding carboxylic acids is 1. The van der Waals surface area contributed by atoms with Crippen LogP contribution in [0.2, 0.25) is 5.02 Å². The van der Waals surface area contributed by atoms with Crippen molar-refractivity contribution in [3.63, 3.8) is 0 Å². The van der Waals surface area contributed by atoms with Gasteiger partial charge < -0.3 is 10.2 Å². The van der Waals surface area contributed by atoms with Crippen LogP contribution < -0.4 is 10.2 Å². The average Bonchev–Trinajstić information content (AvgIpc) is 2.74. The standard InChI is InChI=1S/C21H22ClN5O/c22-16-5-1-4-8-20(16)27-13-11-26(12-14-27)10-9-23-21(28)19-15-24-17-6-2-3-7-18(17)25-19/h1-8,15H,9-14H2,(H,23,28). The predicted octanol–water partition coefficient (Wildman–Crippen LogP) is 2.84. The van der Waals surface area contributed by atoms with Crippen LogP contribution >= 0.6 is 11.6 Å². The lowest BCUT2D eigenvalue weighted by molar-refractivity contribution is 0.0943. The van der Waals surface area contributed by atoms with Crippen LogP contribution in [0.15, 0.2) is 54.7 Å². The number of para-hydroxylation sites is 3. The molecule has 144 valence electrons. The molecule has 0 unspecified atom stereocenters. The molecule has 4 rings (SSSR count). The Morgan fingerprint density at radius 2 is 1.71 bits per heavy atom. The Hall–Kier alpha value is -2.70. The first-order chi connectivity index (χ1) is 13.7. The molecule has 3 aromatic rings. The summed E-state index contributed by atoms with van der Waals surface area (Å²) in [5.41, 5.74) is 2.95. The molecule has 1 amide bonds. The minimum atomic E-state index is -0.187. The highest BCUT2D eigenvalue weighted by Crippen LogP contribution is 2.25. The molecule has 1 fully saturated rings. The molecule has 1 aromatic heterocycles. The van der Waals surface area contributed by atoms with Gasteiger partial charge in [0.1, 0.15) is 5.69 Å². The van der Waals surface area contributed by atoms with Crippen molar-refractivity contribution in [2.45, 2.75) is 0 Å². The van der Waals surface area contributed by atoms with Gasteiger partial charge in [0.25, 0.3) is 5.91 Å². The van der Waals surface area contributed by atoms with Crippen LogP contribution in [-0.4, -0.2) is 60.0 Å². The normalized spacial score (nSPS) is 15.0. The fourth-order valence-electron chi connectivity index (χ4n) is 3.41. The molecule has 1 saturated heterocycles. The van der Waals surface area contributed by atoms with E-state index in [0.717, 1.165) is 54.5 Å². The van der Waals surface area contributed by atoms with Crippen molar-refractivity contribution in [1.82, 2.24) is 20.2 Å². The van der Waals surface area contributed by atoms with Crippen LogP contribution in [0.3, 0.4) is 0 Å². The van der Waals surface area contributed by atoms with E-state index < -0.39 is 0 Å². The van der Waals surface area contributed by atoms with Crippen molar-refractivity contribution in [3.8, 4) is 0 Å². The number of nitrogens with zero attached hydrogens (tertiary/aromatic N) is 4. The van der Waals surface area contributed by atoms with Gasteiger partial charge in [-0.05, 0) is 24.3 Å². The average molecular weight is 396 g/mol. The summed E-state index contributed by atoms with van der Waals surface area (Å²) in [6.45, 7) is 5.12. The Balaban J connectivity index is 1.25. The molecule has 0 saturated carbocycles. The number of hydrogen-bond acceptors (Lipinski definition) is 5. The lowest BCUT2D eigenvalue weighted by atomic mass is 10.2. The minimum absolute atomic E-state index is 0.187. The summed E-state index contributed by atoms with van der Waals surface area (Å²) in [5, 5.41) is 3.74. The molecule has 0 atom stereocenters. The second kappa shape index (κ2) is 8.54. The highest BCUT2D eigenvalue weighted by molar-refractivity contribution is 6.33. The van der Waals surface area contributed by atoms with Gasteiger partial charge in [-0.3, -0.25) is 14.7 Å². The Morgan fingerprint density at radius 3 is 2.50 bits per heavy atom. The largest absolute Gasteiger partial charge is 0.368 e. The molecule has 0 radical (unpaired) electrons. The molecule has 0 bridgehead atoms. The van der Waals surface area contributed by atoms with E-state index in [1.165, 1.54) is 6.20 Å². The molecule has 2 aromatic carbocycles. The van der Waals surface area contributed by atoms with Crippen molar-refractivity contribution < 1.29 is 4.79 Å². The summed E-state index contributed by atoms with van der Waals surface area (Å²) in [6, 6.07) is 15.5. The number of fused-ring (bicyclic) bond motifs is 1. The van der Waals surface area contributed by atoms with E-state index >= 15 is 0 Å². The molecular formula is C21H22ClN5O. The van der Waals surface area contributed by atoms with Crippen LogP contribution in [0, 0.1) is 0 Å². The van der Waals surface area contributed by atoms with Crippen molar-refractivity contribution >= 4 is 34.2 Å². The number of halogens is 1. The predicted molar refractivity (Wildman–Crippen MR) is 112 cm³/mol. The lowest BCUT2D eigenvalue weighted by Gasteiger charge is -2.36. The van der Waals surface area contributed by atoms with Crippen molar-refractivity contribution in [1.29, 1.82) is 0 Å². The number of piperazine rings is 1. The van der Waals surface area contributed by atoms with E-state index in [9.17, 15) is 4.79 Å². The number of benzene rings is 2. The van der Waals surface area contributed by atoms with Gasteiger partial charge in [0.15, 0.2) is 0 Å². The Kier molecular flexibility index (Phi) is 5.69. The molecule has 0 spiro atoms. The van der Waals surface area contributed by atoms with Gasteiger partial charge in [0.05, 0.1) is 27.9 Å². The van der Waals surface area contributed by atoms with Gasteiger partial charge in [0.2, 0.25) is 0 Å². The maximum atomic E-state index is 12.3. The first kappa shape index (κ1) is 18.7. The molecule has 1 N–H and O–H groups in total. The van der Waals surface area contributed by atoms with E-state index in [2.05, 4.69) is 31.2 Å². The Bertz CT molecular complexity index is 972. The van der Waals surface area contributed by atoms with Gasteiger partial charge in [-0.2, -0.15) is 0 Å². The summed E-state index contributed by atoms with van der Waals surface area (Å²) in [4.78, 5) is 25.7. The first-order valence-corrected chi connectivity index (χ1v) is 9.80. The van der Waals surface area contributed by atoms with E-state index in [-0.39, 0.29) is 5.91 Å². The molecule has 1 aliphatic rings. The summed E-state index contributed by atoms with van der Waals surface area (Å²) < 4.78 is 0. The minimum Gasteiger partial charge on any atom is -0.368 e. The second-order valence-electron chi connectivity index (χ2n) is 6.78. The summed E-state index contributed by atoms with van der Waals surface area (Å²) >= 11 is 6.29. The zero-order chi connectivity index (χ0) is 19.3. The molecular weight excluding hydrogens is 374 g/mol. The van der Waals surface area contributed by atoms with Gasteiger partial charge in [-0.15, -0.1) is 0 Å². The van der Waals surface area contributed by atoms with Crippen molar-refractivity contribution in [2.24, 2.45) is 0 Å². The zero-order valence-corrected chi connectivity index (χ0v) is 16.3. The van der Waals surface area contributed by atoms with Crippen LogP contribution in [0.4, 0.5) is 5.69 Å². The topological polar surface area (TPSA) is 61.4 Å². The van der Waals surface area contributed by atoms with Crippen LogP contribution in [0.5, 0.6) is 0 Å². The third kappa shape index (κ3) is 4.24. The van der Waals surface area contributed by atoms with Crippen LogP contribution in [-0.2, 0) is 0 Å². The maximum Gasteiger partial charge on any atom is 0.271 e. The molecule has 2 heterocycles. The zero-order valence-electron chi connectivity index (χ0n) is 15.5. The lowest BCUT2D eigenvalue weighted by Crippen LogP contribution is -2.48. The number of hydrogen-bond donors (Lipinski definition) is 1. The Morgan fingerprint density at radius 1 is 1.00 bits per heavy atom. The summed E-state index contributed by atoms with van der Waals surface area (Å²) in [5.74, 6) is -0.187. The molecule has 28 heavy (non-hydrogen) atoms. The van der Waals surface area contributed by atoms with Gasteiger partial charge in [-0.25, -0.2) is 4.98 Å². The van der Waals surface area contributed by atoms with Gasteiger partial charge >= 0.3 is 0 Å². The number of rotatable bonds is 5. The van der Waals surface area contributed by atoms with Crippen molar-refractivity contribution in [2.75, 3.05) is 44.2 Å². The fraction of sp³-hybridized carbons (Fsp3) is 0.286. The third-order valence-electron chi connectivity index (χ3n) is 4.96. The molecule has 1 aliphatic heterocycles. The van der Waals surface area contributed by atoms with E-state index in [1.54, 1.807) is 0 Å². The number of aromatic nitrogens is 2. The first-order valence-electron chi connectivity index (χ1n) is 9.42. The quantitative estimate of drug-likeness (QED) is 0.719. The number of amides is 1. The smallest absolute Gasteiger partial charge is 0.271 e. The number of anilines is 1. The Labute approximate surface area is 169 Å². The molecule has 0 aliphatic carbocycles. The number of nitrogens with one attached hydrogen (secondary N) is 1. The van der Waals surface area contributed by atoms with E-state index in [0.29, 0.717) is 12.2 Å². The third-order valence-corrected chi connectivity index (χ3v) is 5.28. The summed E-state index contributed by atoms with van der Waals surface area (Å²) in [6.07, 6.45) is 1.53. The van der Waals surface area contributed by atoms with E-state index in [4.69, 9.17) is 11.6 Å². The van der Waals surface area contributed by atoms with E-state index in [1.807, 2.05) is 42.5 Å². The maximum absolute atomic E-state index is 12.3. The van der Waals surface area contributed by atoms with Gasteiger partial charge in [0, 0.05) is 39.3 Å². The fourth-order valence-corrected chi connectivity index (χ4v) is 3.66. The van der Waals surface area contributed by atoms with Crippen molar-refractivity contribution in [3.05, 3.63) is 65.4 Å². The van der Waals surface area contributed by atoms with Gasteiger partial charge in [-0.1, -0.05) is 35.9 Å². The number of carbonyl (C=O) groups is 1. The summed E-state index contributed by atoms with van der Waals surface area (Å²) in [7, 11) is 0. The highest BCUT2D eigenvalue weighted by Gasteiger charge is 2.18. The molecule has 7 heteroatoms. The van der Waals surface area contributed by atoms with Crippen LogP contribution in [0.1, 0.15) is 10.5 Å². The van der Waals surface area contributed by atoms with Crippen LogP contribution in [0.25, 0.3) is 11.0 Å². The molecule has 6 nitrogen and oxygen atoms in total.